The van der Waals surface area contributed by atoms with E-state index < -0.39 is 0 Å². The first-order valence-electron chi connectivity index (χ1n) is 7.51. The molecule has 106 valence electrons. The fraction of sp³-hybridized carbons (Fsp3) is 0.733. The Morgan fingerprint density at radius 1 is 1.16 bits per heavy atom. The van der Waals surface area contributed by atoms with Crippen LogP contribution in [0.1, 0.15) is 65.1 Å². The summed E-state index contributed by atoms with van der Waals surface area (Å²) in [5.74, 6) is 3.47. The largest absolute Gasteiger partial charge is 0.370 e. The van der Waals surface area contributed by atoms with Gasteiger partial charge >= 0.3 is 0 Å². The Morgan fingerprint density at radius 2 is 1.79 bits per heavy atom. The maximum Gasteiger partial charge on any atom is 0.136 e. The van der Waals surface area contributed by atoms with E-state index in [0.29, 0.717) is 5.92 Å². The third-order valence-corrected chi connectivity index (χ3v) is 4.03. The molecule has 0 bridgehead atoms. The first-order valence-corrected chi connectivity index (χ1v) is 7.51. The SMILES string of the molecule is CCNc1cc(NC(C)(CC)CC)nc(C2CC2)n1. The summed E-state index contributed by atoms with van der Waals surface area (Å²) in [6.45, 7) is 9.65. The number of nitrogens with zero attached hydrogens (tertiary/aromatic N) is 2. The Bertz CT molecular complexity index is 422. The van der Waals surface area contributed by atoms with Gasteiger partial charge in [0.1, 0.15) is 17.5 Å². The summed E-state index contributed by atoms with van der Waals surface area (Å²) in [5, 5.41) is 6.89. The van der Waals surface area contributed by atoms with E-state index in [0.717, 1.165) is 36.8 Å². The zero-order valence-corrected chi connectivity index (χ0v) is 12.6. The van der Waals surface area contributed by atoms with E-state index in [-0.39, 0.29) is 5.54 Å². The van der Waals surface area contributed by atoms with Crippen molar-refractivity contribution in [3.8, 4) is 0 Å². The zero-order valence-electron chi connectivity index (χ0n) is 12.6. The topological polar surface area (TPSA) is 49.8 Å². The molecule has 1 aromatic heterocycles. The molecule has 0 spiro atoms. The quantitative estimate of drug-likeness (QED) is 0.785. The van der Waals surface area contributed by atoms with Crippen LogP contribution in [0.25, 0.3) is 0 Å². The van der Waals surface area contributed by atoms with Crippen LogP contribution in [0.2, 0.25) is 0 Å². The van der Waals surface area contributed by atoms with E-state index in [1.807, 2.05) is 6.07 Å². The molecule has 0 unspecified atom stereocenters. The van der Waals surface area contributed by atoms with Crippen LogP contribution in [-0.4, -0.2) is 22.1 Å². The predicted molar refractivity (Wildman–Crippen MR) is 80.8 cm³/mol. The molecule has 0 amide bonds. The van der Waals surface area contributed by atoms with E-state index in [4.69, 9.17) is 4.98 Å². The van der Waals surface area contributed by atoms with Gasteiger partial charge in [-0.15, -0.1) is 0 Å². The molecule has 1 aliphatic carbocycles. The summed E-state index contributed by atoms with van der Waals surface area (Å²) in [6.07, 6.45) is 4.63. The van der Waals surface area contributed by atoms with Crippen molar-refractivity contribution in [2.75, 3.05) is 17.2 Å². The Hall–Kier alpha value is -1.32. The molecule has 0 aromatic carbocycles. The van der Waals surface area contributed by atoms with Gasteiger partial charge in [0.2, 0.25) is 0 Å². The van der Waals surface area contributed by atoms with Crippen molar-refractivity contribution in [2.24, 2.45) is 0 Å². The van der Waals surface area contributed by atoms with Gasteiger partial charge in [0.15, 0.2) is 0 Å². The Balaban J connectivity index is 2.22. The van der Waals surface area contributed by atoms with Gasteiger partial charge in [0, 0.05) is 24.1 Å². The fourth-order valence-corrected chi connectivity index (χ4v) is 2.06. The number of anilines is 2. The lowest BCUT2D eigenvalue weighted by molar-refractivity contribution is 0.476. The second-order valence-electron chi connectivity index (χ2n) is 5.69. The summed E-state index contributed by atoms with van der Waals surface area (Å²) in [6, 6.07) is 2.03. The van der Waals surface area contributed by atoms with Crippen LogP contribution in [0.3, 0.4) is 0 Å². The molecule has 0 atom stereocenters. The van der Waals surface area contributed by atoms with Crippen LogP contribution in [0.4, 0.5) is 11.6 Å². The average molecular weight is 262 g/mol. The summed E-state index contributed by atoms with van der Waals surface area (Å²) < 4.78 is 0. The molecule has 0 saturated heterocycles. The van der Waals surface area contributed by atoms with Crippen LogP contribution < -0.4 is 10.6 Å². The van der Waals surface area contributed by atoms with Crippen molar-refractivity contribution in [1.29, 1.82) is 0 Å². The first-order chi connectivity index (χ1) is 9.10. The number of rotatable bonds is 7. The van der Waals surface area contributed by atoms with Crippen molar-refractivity contribution < 1.29 is 0 Å². The minimum Gasteiger partial charge on any atom is -0.370 e. The second kappa shape index (κ2) is 5.76. The van der Waals surface area contributed by atoms with E-state index in [2.05, 4.69) is 43.3 Å². The van der Waals surface area contributed by atoms with Crippen molar-refractivity contribution in [2.45, 2.75) is 64.8 Å². The smallest absolute Gasteiger partial charge is 0.136 e. The predicted octanol–water partition coefficient (Wildman–Crippen LogP) is 3.78. The Labute approximate surface area is 116 Å². The molecular weight excluding hydrogens is 236 g/mol. The summed E-state index contributed by atoms with van der Waals surface area (Å²) in [5.41, 5.74) is 0.110. The number of nitrogens with one attached hydrogen (secondary N) is 2. The third-order valence-electron chi connectivity index (χ3n) is 4.03. The monoisotopic (exact) mass is 262 g/mol. The van der Waals surface area contributed by atoms with Crippen molar-refractivity contribution in [1.82, 2.24) is 9.97 Å². The van der Waals surface area contributed by atoms with Gasteiger partial charge in [-0.1, -0.05) is 13.8 Å². The molecule has 1 heterocycles. The number of hydrogen-bond donors (Lipinski definition) is 2. The minimum atomic E-state index is 0.110. The molecule has 1 fully saturated rings. The van der Waals surface area contributed by atoms with Crippen LogP contribution in [0, 0.1) is 0 Å². The molecule has 2 rings (SSSR count). The lowest BCUT2D eigenvalue weighted by atomic mass is 9.96. The molecule has 4 heteroatoms. The van der Waals surface area contributed by atoms with E-state index in [1.54, 1.807) is 0 Å². The van der Waals surface area contributed by atoms with Crippen LogP contribution in [0.15, 0.2) is 6.07 Å². The molecule has 1 aliphatic rings. The van der Waals surface area contributed by atoms with Crippen molar-refractivity contribution >= 4 is 11.6 Å². The first kappa shape index (κ1) is 14.1. The van der Waals surface area contributed by atoms with Gasteiger partial charge in [0.05, 0.1) is 0 Å². The highest BCUT2D eigenvalue weighted by Crippen LogP contribution is 2.39. The van der Waals surface area contributed by atoms with Gasteiger partial charge in [-0.3, -0.25) is 0 Å². The molecule has 0 aliphatic heterocycles. The van der Waals surface area contributed by atoms with E-state index in [1.165, 1.54) is 12.8 Å². The maximum absolute atomic E-state index is 4.70. The van der Waals surface area contributed by atoms with Crippen molar-refractivity contribution in [3.63, 3.8) is 0 Å². The van der Waals surface area contributed by atoms with Gasteiger partial charge in [-0.2, -0.15) is 0 Å². The molecule has 19 heavy (non-hydrogen) atoms. The minimum absolute atomic E-state index is 0.110. The molecule has 1 saturated carbocycles. The Morgan fingerprint density at radius 3 is 2.32 bits per heavy atom. The van der Waals surface area contributed by atoms with Gasteiger partial charge < -0.3 is 10.6 Å². The highest BCUT2D eigenvalue weighted by Gasteiger charge is 2.28. The fourth-order valence-electron chi connectivity index (χ4n) is 2.06. The van der Waals surface area contributed by atoms with E-state index >= 15 is 0 Å². The van der Waals surface area contributed by atoms with Crippen molar-refractivity contribution in [3.05, 3.63) is 11.9 Å². The lowest BCUT2D eigenvalue weighted by Gasteiger charge is -2.29. The standard InChI is InChI=1S/C15H26N4/c1-5-15(4,6-2)19-13-10-12(16-7-3)17-14(18-13)11-8-9-11/h10-11H,5-9H2,1-4H3,(H2,16,17,18,19). The highest BCUT2D eigenvalue weighted by molar-refractivity contribution is 5.49. The highest BCUT2D eigenvalue weighted by atomic mass is 15.1. The maximum atomic E-state index is 4.70. The second-order valence-corrected chi connectivity index (χ2v) is 5.69. The summed E-state index contributed by atoms with van der Waals surface area (Å²) in [4.78, 5) is 9.30. The normalized spacial score (nSPS) is 15.4. The third kappa shape index (κ3) is 3.58. The molecule has 2 N–H and O–H groups in total. The molecular formula is C15H26N4. The molecule has 1 aromatic rings. The average Bonchev–Trinajstić information content (AvgIpc) is 3.23. The zero-order chi connectivity index (χ0) is 13.9. The lowest BCUT2D eigenvalue weighted by Crippen LogP contribution is -2.33. The van der Waals surface area contributed by atoms with Gasteiger partial charge in [-0.05, 0) is 39.5 Å². The molecule has 0 radical (unpaired) electrons. The number of aromatic nitrogens is 2. The van der Waals surface area contributed by atoms with Gasteiger partial charge in [-0.25, -0.2) is 9.97 Å². The van der Waals surface area contributed by atoms with Crippen LogP contribution in [0.5, 0.6) is 0 Å². The Kier molecular flexibility index (Phi) is 4.27. The summed E-state index contributed by atoms with van der Waals surface area (Å²) >= 11 is 0. The molecule has 4 nitrogen and oxygen atoms in total. The number of hydrogen-bond acceptors (Lipinski definition) is 4. The summed E-state index contributed by atoms with van der Waals surface area (Å²) in [7, 11) is 0. The van der Waals surface area contributed by atoms with Crippen LogP contribution >= 0.6 is 0 Å². The van der Waals surface area contributed by atoms with E-state index in [9.17, 15) is 0 Å². The van der Waals surface area contributed by atoms with Crippen LogP contribution in [-0.2, 0) is 0 Å². The van der Waals surface area contributed by atoms with Gasteiger partial charge in [0.25, 0.3) is 0 Å².